The molecular formula is C10H9Br3N4O3. The average molecular weight is 473 g/mol. The van der Waals surface area contributed by atoms with Gasteiger partial charge in [-0.05, 0) is 47.8 Å². The Balaban J connectivity index is 2.10. The van der Waals surface area contributed by atoms with Crippen molar-refractivity contribution in [2.75, 3.05) is 6.61 Å². The van der Waals surface area contributed by atoms with E-state index in [0.29, 0.717) is 31.7 Å². The number of rotatable bonds is 2. The Bertz CT molecular complexity index is 665. The molecule has 1 aliphatic heterocycles. The summed E-state index contributed by atoms with van der Waals surface area (Å²) in [4.78, 5) is 12.8. The summed E-state index contributed by atoms with van der Waals surface area (Å²) in [5.74, 6) is 0. The van der Waals surface area contributed by atoms with Gasteiger partial charge in [0.2, 0.25) is 0 Å². The molecule has 0 spiro atoms. The van der Waals surface area contributed by atoms with Crippen molar-refractivity contribution in [3.05, 3.63) is 14.1 Å². The van der Waals surface area contributed by atoms with Gasteiger partial charge < -0.3 is 14.9 Å². The van der Waals surface area contributed by atoms with Gasteiger partial charge in [-0.25, -0.2) is 15.0 Å². The lowest BCUT2D eigenvalue weighted by Gasteiger charge is -2.14. The Morgan fingerprint density at radius 3 is 2.65 bits per heavy atom. The first-order valence-corrected chi connectivity index (χ1v) is 8.10. The third-order valence-electron chi connectivity index (χ3n) is 3.10. The predicted octanol–water partition coefficient (Wildman–Crippen LogP) is 1.75. The zero-order valence-electron chi connectivity index (χ0n) is 9.87. The van der Waals surface area contributed by atoms with E-state index >= 15 is 0 Å². The van der Waals surface area contributed by atoms with Gasteiger partial charge in [0.25, 0.3) is 0 Å². The van der Waals surface area contributed by atoms with Crippen LogP contribution in [0.3, 0.4) is 0 Å². The van der Waals surface area contributed by atoms with Crippen LogP contribution in [0.15, 0.2) is 14.1 Å². The summed E-state index contributed by atoms with van der Waals surface area (Å²) in [6.07, 6.45) is -1.41. The third-order valence-corrected chi connectivity index (χ3v) is 4.57. The van der Waals surface area contributed by atoms with Gasteiger partial charge in [0.05, 0.1) is 12.7 Å². The average Bonchev–Trinajstić information content (AvgIpc) is 2.89. The van der Waals surface area contributed by atoms with Crippen LogP contribution in [0, 0.1) is 0 Å². The van der Waals surface area contributed by atoms with Gasteiger partial charge in [-0.15, -0.1) is 0 Å². The van der Waals surface area contributed by atoms with Crippen LogP contribution in [-0.4, -0.2) is 48.5 Å². The summed E-state index contributed by atoms with van der Waals surface area (Å²) in [6.45, 7) is -0.232. The van der Waals surface area contributed by atoms with Gasteiger partial charge >= 0.3 is 0 Å². The normalized spacial score (nSPS) is 26.6. The van der Waals surface area contributed by atoms with E-state index in [1.165, 1.54) is 0 Å². The SMILES string of the molecule is OC[C@@H]1O[C@H](n2c(Br)nc3c(Br)nc(Br)nc32)C[C@H]1O. The number of hydrogen-bond acceptors (Lipinski definition) is 6. The molecule has 0 radical (unpaired) electrons. The molecule has 0 unspecified atom stereocenters. The van der Waals surface area contributed by atoms with Crippen LogP contribution in [0.4, 0.5) is 0 Å². The molecule has 0 bridgehead atoms. The van der Waals surface area contributed by atoms with Crippen molar-refractivity contribution < 1.29 is 14.9 Å². The fraction of sp³-hybridized carbons (Fsp3) is 0.500. The molecule has 20 heavy (non-hydrogen) atoms. The topological polar surface area (TPSA) is 93.3 Å². The maximum absolute atomic E-state index is 9.85. The minimum Gasteiger partial charge on any atom is -0.394 e. The summed E-state index contributed by atoms with van der Waals surface area (Å²) in [5.41, 5.74) is 1.16. The first-order valence-electron chi connectivity index (χ1n) is 5.72. The monoisotopic (exact) mass is 470 g/mol. The number of halogens is 3. The van der Waals surface area contributed by atoms with Crippen molar-refractivity contribution in [1.82, 2.24) is 19.5 Å². The summed E-state index contributed by atoms with van der Waals surface area (Å²) in [5, 5.41) is 19.0. The molecule has 2 aromatic rings. The van der Waals surface area contributed by atoms with Gasteiger partial charge in [0.15, 0.2) is 15.1 Å². The molecule has 2 aromatic heterocycles. The third kappa shape index (κ3) is 2.42. The first-order chi connectivity index (χ1) is 9.51. The maximum Gasteiger partial charge on any atom is 0.199 e. The molecule has 10 heteroatoms. The summed E-state index contributed by atoms with van der Waals surface area (Å²) in [7, 11) is 0. The van der Waals surface area contributed by atoms with Gasteiger partial charge in [-0.1, -0.05) is 0 Å². The number of nitrogens with zero attached hydrogens (tertiary/aromatic N) is 4. The Morgan fingerprint density at radius 1 is 1.25 bits per heavy atom. The molecule has 7 nitrogen and oxygen atoms in total. The number of aromatic nitrogens is 4. The number of fused-ring (bicyclic) bond motifs is 1. The van der Waals surface area contributed by atoms with Crippen LogP contribution in [0.5, 0.6) is 0 Å². The Morgan fingerprint density at radius 2 is 2.00 bits per heavy atom. The number of imidazole rings is 1. The van der Waals surface area contributed by atoms with Crippen LogP contribution < -0.4 is 0 Å². The second-order valence-electron chi connectivity index (χ2n) is 4.32. The van der Waals surface area contributed by atoms with E-state index < -0.39 is 18.4 Å². The second-order valence-corrected chi connectivity index (χ2v) is 6.49. The highest BCUT2D eigenvalue weighted by molar-refractivity contribution is 9.11. The van der Waals surface area contributed by atoms with E-state index in [-0.39, 0.29) is 6.61 Å². The van der Waals surface area contributed by atoms with Crippen LogP contribution in [-0.2, 0) is 4.74 Å². The Kier molecular flexibility index (Phi) is 4.13. The van der Waals surface area contributed by atoms with Gasteiger partial charge in [0.1, 0.15) is 22.5 Å². The van der Waals surface area contributed by atoms with Gasteiger partial charge in [-0.2, -0.15) is 0 Å². The highest BCUT2D eigenvalue weighted by Gasteiger charge is 2.36. The Labute approximate surface area is 138 Å². The maximum atomic E-state index is 9.85. The molecule has 3 heterocycles. The highest BCUT2D eigenvalue weighted by Crippen LogP contribution is 2.35. The number of aliphatic hydroxyl groups is 2. The smallest absolute Gasteiger partial charge is 0.199 e. The molecule has 0 saturated carbocycles. The van der Waals surface area contributed by atoms with E-state index in [1.54, 1.807) is 4.57 Å². The molecule has 1 aliphatic rings. The predicted molar refractivity (Wildman–Crippen MR) is 80.0 cm³/mol. The molecule has 1 fully saturated rings. The largest absolute Gasteiger partial charge is 0.394 e. The molecule has 3 rings (SSSR count). The van der Waals surface area contributed by atoms with Crippen LogP contribution in [0.25, 0.3) is 11.2 Å². The molecule has 0 aliphatic carbocycles. The highest BCUT2D eigenvalue weighted by atomic mass is 79.9. The van der Waals surface area contributed by atoms with Crippen molar-refractivity contribution in [2.24, 2.45) is 0 Å². The lowest BCUT2D eigenvalue weighted by atomic mass is 10.2. The van der Waals surface area contributed by atoms with Gasteiger partial charge in [-0.3, -0.25) is 4.57 Å². The molecule has 3 atom stereocenters. The van der Waals surface area contributed by atoms with Crippen molar-refractivity contribution in [1.29, 1.82) is 0 Å². The summed E-state index contributed by atoms with van der Waals surface area (Å²) in [6, 6.07) is 0. The fourth-order valence-electron chi connectivity index (χ4n) is 2.18. The van der Waals surface area contributed by atoms with Crippen LogP contribution in [0.2, 0.25) is 0 Å². The number of aliphatic hydroxyl groups excluding tert-OH is 2. The van der Waals surface area contributed by atoms with Crippen molar-refractivity contribution in [3.8, 4) is 0 Å². The molecule has 0 aromatic carbocycles. The van der Waals surface area contributed by atoms with Crippen molar-refractivity contribution in [3.63, 3.8) is 0 Å². The summed E-state index contributed by atoms with van der Waals surface area (Å²) >= 11 is 9.93. The Hall–Kier alpha value is -0.130. The van der Waals surface area contributed by atoms with E-state index in [2.05, 4.69) is 62.7 Å². The van der Waals surface area contributed by atoms with Gasteiger partial charge in [0, 0.05) is 6.42 Å². The van der Waals surface area contributed by atoms with E-state index in [0.717, 1.165) is 0 Å². The standard InChI is InChI=1S/C10H9Br3N4O3/c11-7-6-8(16-9(12)15-7)17(10(13)14-6)5-1-3(19)4(2-18)20-5/h3-5,18-19H,1-2H2/t3-,4+,5+/m1/s1. The molecule has 1 saturated heterocycles. The first kappa shape index (κ1) is 14.8. The molecule has 2 N–H and O–H groups in total. The zero-order chi connectivity index (χ0) is 14.4. The van der Waals surface area contributed by atoms with E-state index in [4.69, 9.17) is 9.84 Å². The minimum absolute atomic E-state index is 0.232. The van der Waals surface area contributed by atoms with E-state index in [9.17, 15) is 5.11 Å². The van der Waals surface area contributed by atoms with Crippen LogP contribution in [0.1, 0.15) is 12.6 Å². The van der Waals surface area contributed by atoms with E-state index in [1.807, 2.05) is 0 Å². The van der Waals surface area contributed by atoms with Crippen molar-refractivity contribution in [2.45, 2.75) is 24.9 Å². The number of hydrogen-bond donors (Lipinski definition) is 2. The fourth-order valence-corrected chi connectivity index (χ4v) is 3.77. The zero-order valence-corrected chi connectivity index (χ0v) is 14.6. The lowest BCUT2D eigenvalue weighted by Crippen LogP contribution is -2.24. The second kappa shape index (κ2) is 5.58. The van der Waals surface area contributed by atoms with Crippen LogP contribution >= 0.6 is 47.8 Å². The molecule has 108 valence electrons. The quantitative estimate of drug-likeness (QED) is 0.393. The summed E-state index contributed by atoms with van der Waals surface area (Å²) < 4.78 is 8.87. The lowest BCUT2D eigenvalue weighted by molar-refractivity contribution is -0.0439. The molecule has 0 amide bonds. The van der Waals surface area contributed by atoms with Crippen molar-refractivity contribution >= 4 is 59.0 Å². The number of ether oxygens (including phenoxy) is 1. The molecular weight excluding hydrogens is 464 g/mol. The minimum atomic E-state index is -0.719.